The van der Waals surface area contributed by atoms with Crippen molar-refractivity contribution in [2.45, 2.75) is 26.8 Å². The molecule has 2 heterocycles. The first-order valence-electron chi connectivity index (χ1n) is 6.02. The SMILES string of the molecule is CCn1ncc(NCCc2csc(C)n2)c(Br)c1=O. The second kappa shape index (κ2) is 6.29. The number of halogens is 1. The average Bonchev–Trinajstić information content (AvgIpc) is 2.81. The standard InChI is InChI=1S/C12H15BrN4OS/c1-3-17-12(18)11(13)10(6-15-17)14-5-4-9-7-19-8(2)16-9/h6-7,14H,3-5H2,1-2H3. The fourth-order valence-electron chi connectivity index (χ4n) is 1.66. The Morgan fingerprint density at radius 2 is 2.32 bits per heavy atom. The number of hydrogen-bond acceptors (Lipinski definition) is 5. The number of hydrogen-bond donors (Lipinski definition) is 1. The van der Waals surface area contributed by atoms with Crippen molar-refractivity contribution in [3.05, 3.63) is 37.1 Å². The summed E-state index contributed by atoms with van der Waals surface area (Å²) in [5.74, 6) is 0. The van der Waals surface area contributed by atoms with E-state index in [1.54, 1.807) is 17.5 Å². The predicted molar refractivity (Wildman–Crippen MR) is 80.9 cm³/mol. The highest BCUT2D eigenvalue weighted by molar-refractivity contribution is 9.10. The molecule has 0 aromatic carbocycles. The Bertz CT molecular complexity index is 622. The van der Waals surface area contributed by atoms with Crippen molar-refractivity contribution in [2.24, 2.45) is 0 Å². The van der Waals surface area contributed by atoms with E-state index < -0.39 is 0 Å². The summed E-state index contributed by atoms with van der Waals surface area (Å²) in [6.07, 6.45) is 2.49. The van der Waals surface area contributed by atoms with Crippen LogP contribution >= 0.6 is 27.3 Å². The maximum atomic E-state index is 11.9. The van der Waals surface area contributed by atoms with Gasteiger partial charge in [0.05, 0.1) is 22.6 Å². The van der Waals surface area contributed by atoms with Gasteiger partial charge in [0.25, 0.3) is 5.56 Å². The molecule has 0 fully saturated rings. The smallest absolute Gasteiger partial charge is 0.283 e. The highest BCUT2D eigenvalue weighted by Gasteiger charge is 2.07. The Kier molecular flexibility index (Phi) is 4.71. The number of nitrogens with zero attached hydrogens (tertiary/aromatic N) is 3. The molecule has 19 heavy (non-hydrogen) atoms. The molecule has 2 aromatic rings. The first-order chi connectivity index (χ1) is 9.11. The molecule has 2 aromatic heterocycles. The highest BCUT2D eigenvalue weighted by atomic mass is 79.9. The van der Waals surface area contributed by atoms with Gasteiger partial charge in [-0.1, -0.05) is 0 Å². The van der Waals surface area contributed by atoms with Gasteiger partial charge in [0, 0.05) is 24.9 Å². The van der Waals surface area contributed by atoms with Crippen molar-refractivity contribution in [3.63, 3.8) is 0 Å². The number of nitrogens with one attached hydrogen (secondary N) is 1. The zero-order chi connectivity index (χ0) is 13.8. The zero-order valence-electron chi connectivity index (χ0n) is 10.8. The minimum atomic E-state index is -0.114. The monoisotopic (exact) mass is 342 g/mol. The van der Waals surface area contributed by atoms with Crippen molar-refractivity contribution in [2.75, 3.05) is 11.9 Å². The number of rotatable bonds is 5. The Morgan fingerprint density at radius 3 is 2.95 bits per heavy atom. The van der Waals surface area contributed by atoms with Crippen LogP contribution in [0.1, 0.15) is 17.6 Å². The molecule has 0 atom stereocenters. The van der Waals surface area contributed by atoms with Gasteiger partial charge in [-0.15, -0.1) is 11.3 Å². The molecule has 5 nitrogen and oxygen atoms in total. The zero-order valence-corrected chi connectivity index (χ0v) is 13.2. The molecule has 0 aliphatic carbocycles. The molecule has 0 aliphatic heterocycles. The molecular formula is C12H15BrN4OS. The molecule has 0 amide bonds. The lowest BCUT2D eigenvalue weighted by molar-refractivity contribution is 0.613. The van der Waals surface area contributed by atoms with E-state index in [1.165, 1.54) is 4.68 Å². The minimum absolute atomic E-state index is 0.114. The van der Waals surface area contributed by atoms with E-state index in [0.717, 1.165) is 29.4 Å². The van der Waals surface area contributed by atoms with Crippen molar-refractivity contribution < 1.29 is 0 Å². The Labute approximate surface area is 123 Å². The third-order valence-corrected chi connectivity index (χ3v) is 4.24. The van der Waals surface area contributed by atoms with Gasteiger partial charge < -0.3 is 5.32 Å². The molecule has 0 aliphatic rings. The summed E-state index contributed by atoms with van der Waals surface area (Å²) in [5, 5.41) is 10.4. The topological polar surface area (TPSA) is 59.8 Å². The molecule has 7 heteroatoms. The van der Waals surface area contributed by atoms with Crippen LogP contribution in [0.2, 0.25) is 0 Å². The van der Waals surface area contributed by atoms with Crippen LogP contribution in [-0.2, 0) is 13.0 Å². The third-order valence-electron chi connectivity index (χ3n) is 2.65. The van der Waals surface area contributed by atoms with E-state index in [1.807, 2.05) is 13.8 Å². The Hall–Kier alpha value is -1.21. The van der Waals surface area contributed by atoms with Gasteiger partial charge in [0.1, 0.15) is 4.47 Å². The number of anilines is 1. The van der Waals surface area contributed by atoms with Gasteiger partial charge in [-0.25, -0.2) is 9.67 Å². The van der Waals surface area contributed by atoms with Crippen LogP contribution in [-0.4, -0.2) is 21.3 Å². The van der Waals surface area contributed by atoms with Gasteiger partial charge in [-0.3, -0.25) is 4.79 Å². The number of aromatic nitrogens is 3. The van der Waals surface area contributed by atoms with E-state index in [4.69, 9.17) is 0 Å². The maximum Gasteiger partial charge on any atom is 0.283 e. The fraction of sp³-hybridized carbons (Fsp3) is 0.417. The highest BCUT2D eigenvalue weighted by Crippen LogP contribution is 2.16. The first-order valence-corrected chi connectivity index (χ1v) is 7.69. The average molecular weight is 343 g/mol. The predicted octanol–water partition coefficient (Wildman–Crippen LogP) is 2.45. The number of aryl methyl sites for hydroxylation is 2. The van der Waals surface area contributed by atoms with Gasteiger partial charge in [0.15, 0.2) is 0 Å². The molecule has 0 saturated carbocycles. The third kappa shape index (κ3) is 3.42. The van der Waals surface area contributed by atoms with E-state index >= 15 is 0 Å². The molecule has 0 saturated heterocycles. The lowest BCUT2D eigenvalue weighted by Crippen LogP contribution is -2.24. The van der Waals surface area contributed by atoms with Crippen LogP contribution in [0.15, 0.2) is 20.8 Å². The maximum absolute atomic E-state index is 11.9. The summed E-state index contributed by atoms with van der Waals surface area (Å²) < 4.78 is 1.94. The molecule has 0 bridgehead atoms. The van der Waals surface area contributed by atoms with Crippen molar-refractivity contribution in [3.8, 4) is 0 Å². The van der Waals surface area contributed by atoms with Crippen LogP contribution in [0.4, 0.5) is 5.69 Å². The Morgan fingerprint density at radius 1 is 1.53 bits per heavy atom. The van der Waals surface area contributed by atoms with Gasteiger partial charge in [-0.2, -0.15) is 5.10 Å². The molecule has 2 rings (SSSR count). The summed E-state index contributed by atoms with van der Waals surface area (Å²) >= 11 is 4.96. The van der Waals surface area contributed by atoms with Gasteiger partial charge >= 0.3 is 0 Å². The van der Waals surface area contributed by atoms with Crippen molar-refractivity contribution >= 4 is 33.0 Å². The second-order valence-corrected chi connectivity index (χ2v) is 5.88. The Balaban J connectivity index is 2.00. The molecule has 0 radical (unpaired) electrons. The van der Waals surface area contributed by atoms with E-state index in [9.17, 15) is 4.79 Å². The largest absolute Gasteiger partial charge is 0.382 e. The van der Waals surface area contributed by atoms with E-state index in [0.29, 0.717) is 11.0 Å². The van der Waals surface area contributed by atoms with Crippen LogP contribution < -0.4 is 10.9 Å². The lowest BCUT2D eigenvalue weighted by Gasteiger charge is -2.08. The van der Waals surface area contributed by atoms with Crippen molar-refractivity contribution in [1.29, 1.82) is 0 Å². The summed E-state index contributed by atoms with van der Waals surface area (Å²) in [5.41, 5.74) is 1.68. The minimum Gasteiger partial charge on any atom is -0.382 e. The second-order valence-electron chi connectivity index (χ2n) is 4.03. The van der Waals surface area contributed by atoms with Crippen molar-refractivity contribution in [1.82, 2.24) is 14.8 Å². The molecular weight excluding hydrogens is 328 g/mol. The summed E-state index contributed by atoms with van der Waals surface area (Å²) in [7, 11) is 0. The molecule has 1 N–H and O–H groups in total. The summed E-state index contributed by atoms with van der Waals surface area (Å²) in [4.78, 5) is 16.3. The fourth-order valence-corrected chi connectivity index (χ4v) is 2.76. The van der Waals surface area contributed by atoms with E-state index in [2.05, 4.69) is 36.7 Å². The van der Waals surface area contributed by atoms with E-state index in [-0.39, 0.29) is 5.56 Å². The van der Waals surface area contributed by atoms with Crippen LogP contribution in [0.3, 0.4) is 0 Å². The summed E-state index contributed by atoms with van der Waals surface area (Å²) in [6.45, 7) is 5.17. The first kappa shape index (κ1) is 14.2. The lowest BCUT2D eigenvalue weighted by atomic mass is 10.3. The molecule has 102 valence electrons. The number of thiazole rings is 1. The van der Waals surface area contributed by atoms with Crippen LogP contribution in [0.25, 0.3) is 0 Å². The van der Waals surface area contributed by atoms with Gasteiger partial charge in [0.2, 0.25) is 0 Å². The van der Waals surface area contributed by atoms with Crippen LogP contribution in [0, 0.1) is 6.92 Å². The summed E-state index contributed by atoms with van der Waals surface area (Å²) in [6, 6.07) is 0. The molecule has 0 spiro atoms. The van der Waals surface area contributed by atoms with Gasteiger partial charge in [-0.05, 0) is 29.8 Å². The quantitative estimate of drug-likeness (QED) is 0.906. The van der Waals surface area contributed by atoms with Crippen LogP contribution in [0.5, 0.6) is 0 Å². The molecule has 0 unspecified atom stereocenters. The normalized spacial score (nSPS) is 10.7.